The molecule has 1 aliphatic heterocycles. The van der Waals surface area contributed by atoms with Crippen molar-refractivity contribution in [2.45, 2.75) is 18.6 Å². The van der Waals surface area contributed by atoms with Crippen LogP contribution in [0.5, 0.6) is 5.75 Å². The molecule has 0 unspecified atom stereocenters. The summed E-state index contributed by atoms with van der Waals surface area (Å²) in [5.41, 5.74) is 2.86. The molecule has 0 bridgehead atoms. The monoisotopic (exact) mass is 458 g/mol. The SMILES string of the molecule is CNS(=O)(=O)Cc1[nH]c2ccccc2c1CCCN1CCN(c2ncncc2OC)CC1. The molecule has 10 heteroatoms. The number of piperazine rings is 1. The second kappa shape index (κ2) is 9.85. The first-order chi connectivity index (χ1) is 15.5. The smallest absolute Gasteiger partial charge is 0.217 e. The van der Waals surface area contributed by atoms with Gasteiger partial charge in [-0.3, -0.25) is 4.90 Å². The molecule has 32 heavy (non-hydrogen) atoms. The van der Waals surface area contributed by atoms with Crippen molar-refractivity contribution in [3.63, 3.8) is 0 Å². The van der Waals surface area contributed by atoms with E-state index in [-0.39, 0.29) is 5.75 Å². The largest absolute Gasteiger partial charge is 0.491 e. The Morgan fingerprint density at radius 1 is 1.19 bits per heavy atom. The standard InChI is InChI=1S/C22H30N6O3S/c1-23-32(29,30)15-20-18(17-6-3-4-8-19(17)26-20)7-5-9-27-10-12-28(13-11-27)22-21(31-2)14-24-16-25-22/h3-4,6,8,14,16,23,26H,5,7,9-13,15H2,1-2H3. The summed E-state index contributed by atoms with van der Waals surface area (Å²) in [6.07, 6.45) is 5.04. The van der Waals surface area contributed by atoms with E-state index < -0.39 is 10.0 Å². The quantitative estimate of drug-likeness (QED) is 0.504. The van der Waals surface area contributed by atoms with Crippen molar-refractivity contribution >= 4 is 26.7 Å². The summed E-state index contributed by atoms with van der Waals surface area (Å²) < 4.78 is 32.1. The highest BCUT2D eigenvalue weighted by Crippen LogP contribution is 2.26. The van der Waals surface area contributed by atoms with E-state index in [0.717, 1.165) is 73.5 Å². The molecular formula is C22H30N6O3S. The van der Waals surface area contributed by atoms with Crippen molar-refractivity contribution in [2.24, 2.45) is 0 Å². The van der Waals surface area contributed by atoms with Crippen LogP contribution in [0.2, 0.25) is 0 Å². The molecule has 0 saturated carbocycles. The van der Waals surface area contributed by atoms with Crippen molar-refractivity contribution in [3.8, 4) is 5.75 Å². The maximum Gasteiger partial charge on any atom is 0.217 e. The minimum atomic E-state index is -3.34. The zero-order valence-electron chi connectivity index (χ0n) is 18.5. The molecule has 3 heterocycles. The lowest BCUT2D eigenvalue weighted by Gasteiger charge is -2.35. The molecule has 2 N–H and O–H groups in total. The number of benzene rings is 1. The summed E-state index contributed by atoms with van der Waals surface area (Å²) in [6.45, 7) is 4.62. The number of methoxy groups -OCH3 is 1. The van der Waals surface area contributed by atoms with Gasteiger partial charge in [0.2, 0.25) is 10.0 Å². The lowest BCUT2D eigenvalue weighted by Crippen LogP contribution is -2.47. The van der Waals surface area contributed by atoms with Crippen LogP contribution in [0, 0.1) is 0 Å². The van der Waals surface area contributed by atoms with Crippen LogP contribution in [-0.4, -0.2) is 75.2 Å². The van der Waals surface area contributed by atoms with Crippen LogP contribution in [0.15, 0.2) is 36.8 Å². The Bertz CT molecular complexity index is 1160. The lowest BCUT2D eigenvalue weighted by molar-refractivity contribution is 0.253. The fourth-order valence-electron chi connectivity index (χ4n) is 4.28. The van der Waals surface area contributed by atoms with Gasteiger partial charge in [0.05, 0.1) is 13.3 Å². The molecular weight excluding hydrogens is 428 g/mol. The Hall–Kier alpha value is -2.69. The normalized spacial score (nSPS) is 15.4. The fraction of sp³-hybridized carbons (Fsp3) is 0.455. The van der Waals surface area contributed by atoms with Gasteiger partial charge in [-0.25, -0.2) is 23.1 Å². The third-order valence-corrected chi connectivity index (χ3v) is 7.29. The number of aromatic amines is 1. The molecule has 1 aliphatic rings. The van der Waals surface area contributed by atoms with E-state index in [4.69, 9.17) is 4.74 Å². The predicted octanol–water partition coefficient (Wildman–Crippen LogP) is 1.77. The maximum absolute atomic E-state index is 12.2. The molecule has 172 valence electrons. The topological polar surface area (TPSA) is 103 Å². The molecule has 9 nitrogen and oxygen atoms in total. The van der Waals surface area contributed by atoms with E-state index in [9.17, 15) is 8.42 Å². The summed E-state index contributed by atoms with van der Waals surface area (Å²) in [5.74, 6) is 1.51. The molecule has 4 rings (SSSR count). The number of para-hydroxylation sites is 1. The molecule has 1 fully saturated rings. The summed E-state index contributed by atoms with van der Waals surface area (Å²) in [7, 11) is -0.253. The van der Waals surface area contributed by atoms with E-state index in [1.54, 1.807) is 19.6 Å². The Balaban J connectivity index is 1.37. The zero-order chi connectivity index (χ0) is 22.6. The van der Waals surface area contributed by atoms with E-state index >= 15 is 0 Å². The van der Waals surface area contributed by atoms with Gasteiger partial charge in [-0.05, 0) is 38.1 Å². The zero-order valence-corrected chi connectivity index (χ0v) is 19.4. The summed E-state index contributed by atoms with van der Waals surface area (Å²) >= 11 is 0. The van der Waals surface area contributed by atoms with Crippen LogP contribution >= 0.6 is 0 Å². The van der Waals surface area contributed by atoms with Crippen molar-refractivity contribution in [1.29, 1.82) is 0 Å². The van der Waals surface area contributed by atoms with Gasteiger partial charge in [-0.15, -0.1) is 0 Å². The maximum atomic E-state index is 12.2. The number of aryl methyl sites for hydroxylation is 1. The number of hydrogen-bond donors (Lipinski definition) is 2. The lowest BCUT2D eigenvalue weighted by atomic mass is 10.1. The summed E-state index contributed by atoms with van der Waals surface area (Å²) in [5, 5.41) is 1.11. The minimum Gasteiger partial charge on any atom is -0.491 e. The van der Waals surface area contributed by atoms with Gasteiger partial charge in [-0.1, -0.05) is 18.2 Å². The highest BCUT2D eigenvalue weighted by atomic mass is 32.2. The molecule has 0 aliphatic carbocycles. The van der Waals surface area contributed by atoms with E-state index in [1.807, 2.05) is 18.2 Å². The Morgan fingerprint density at radius 3 is 2.72 bits per heavy atom. The van der Waals surface area contributed by atoms with Crippen LogP contribution in [0.1, 0.15) is 17.7 Å². The van der Waals surface area contributed by atoms with E-state index in [2.05, 4.69) is 35.5 Å². The molecule has 0 atom stereocenters. The Labute approximate surface area is 188 Å². The van der Waals surface area contributed by atoms with Crippen LogP contribution in [0.25, 0.3) is 10.9 Å². The number of ether oxygens (including phenoxy) is 1. The second-order valence-electron chi connectivity index (χ2n) is 7.94. The van der Waals surface area contributed by atoms with Gasteiger partial charge in [0.25, 0.3) is 0 Å². The average molecular weight is 459 g/mol. The summed E-state index contributed by atoms with van der Waals surface area (Å²) in [6, 6.07) is 8.02. The third-order valence-electron chi connectivity index (χ3n) is 6.00. The van der Waals surface area contributed by atoms with Crippen molar-refractivity contribution in [3.05, 3.63) is 48.0 Å². The number of nitrogens with one attached hydrogen (secondary N) is 2. The Morgan fingerprint density at radius 2 is 1.97 bits per heavy atom. The van der Waals surface area contributed by atoms with E-state index in [0.29, 0.717) is 5.75 Å². The van der Waals surface area contributed by atoms with Crippen molar-refractivity contribution in [1.82, 2.24) is 24.6 Å². The number of fused-ring (bicyclic) bond motifs is 1. The van der Waals surface area contributed by atoms with Gasteiger partial charge in [0.15, 0.2) is 11.6 Å². The molecule has 3 aromatic rings. The highest BCUT2D eigenvalue weighted by Gasteiger charge is 2.21. The first-order valence-electron chi connectivity index (χ1n) is 10.8. The highest BCUT2D eigenvalue weighted by molar-refractivity contribution is 7.88. The second-order valence-corrected chi connectivity index (χ2v) is 9.86. The molecule has 0 radical (unpaired) electrons. The predicted molar refractivity (Wildman–Crippen MR) is 126 cm³/mol. The van der Waals surface area contributed by atoms with Gasteiger partial charge in [-0.2, -0.15) is 0 Å². The number of H-pyrrole nitrogens is 1. The summed E-state index contributed by atoms with van der Waals surface area (Å²) in [4.78, 5) is 16.4. The number of rotatable bonds is 9. The minimum absolute atomic E-state index is 0.0348. The first-order valence-corrected chi connectivity index (χ1v) is 12.5. The molecule has 0 amide bonds. The number of hydrogen-bond acceptors (Lipinski definition) is 7. The van der Waals surface area contributed by atoms with Gasteiger partial charge >= 0.3 is 0 Å². The van der Waals surface area contributed by atoms with Crippen LogP contribution in [0.3, 0.4) is 0 Å². The van der Waals surface area contributed by atoms with Gasteiger partial charge < -0.3 is 14.6 Å². The first kappa shape index (κ1) is 22.5. The van der Waals surface area contributed by atoms with Gasteiger partial charge in [0.1, 0.15) is 12.1 Å². The van der Waals surface area contributed by atoms with Crippen molar-refractivity contribution < 1.29 is 13.2 Å². The molecule has 1 saturated heterocycles. The van der Waals surface area contributed by atoms with Crippen LogP contribution < -0.4 is 14.4 Å². The molecule has 2 aromatic heterocycles. The number of anilines is 1. The van der Waals surface area contributed by atoms with Crippen molar-refractivity contribution in [2.75, 3.05) is 51.8 Å². The molecule has 1 aromatic carbocycles. The average Bonchev–Trinajstić information content (AvgIpc) is 3.16. The van der Waals surface area contributed by atoms with Crippen LogP contribution in [0.4, 0.5) is 5.82 Å². The number of nitrogens with zero attached hydrogens (tertiary/aromatic N) is 4. The number of aromatic nitrogens is 3. The van der Waals surface area contributed by atoms with Crippen LogP contribution in [-0.2, 0) is 22.2 Å². The number of sulfonamides is 1. The molecule has 0 spiro atoms. The fourth-order valence-corrected chi connectivity index (χ4v) is 5.05. The van der Waals surface area contributed by atoms with E-state index in [1.165, 1.54) is 7.05 Å². The van der Waals surface area contributed by atoms with Gasteiger partial charge in [0, 0.05) is 42.8 Å². The third kappa shape index (κ3) is 5.03. The Kier molecular flexibility index (Phi) is 6.92.